The maximum absolute atomic E-state index is 15.3. The molecule has 53 heteroatoms. The quantitative estimate of drug-likeness (QED) is 0.00779. The number of aromatic nitrogens is 1. The molecule has 0 aliphatic carbocycles. The number of primary amides is 1. The first kappa shape index (κ1) is 128. The van der Waals surface area contributed by atoms with Gasteiger partial charge in [-0.15, -0.1) is 0 Å². The Kier molecular flexibility index (Phi) is 56.2. The van der Waals surface area contributed by atoms with Crippen LogP contribution in [0.25, 0.3) is 10.9 Å². The fourth-order valence-electron chi connectivity index (χ4n) is 16.1. The molecule has 5 rings (SSSR count). The largest absolute Gasteiger partial charge is 0.508 e. The van der Waals surface area contributed by atoms with E-state index in [1.54, 1.807) is 90.4 Å². The van der Waals surface area contributed by atoms with E-state index in [0.717, 1.165) is 5.56 Å². The minimum atomic E-state index is -1.61. The van der Waals surface area contributed by atoms with Gasteiger partial charge in [-0.05, 0) is 207 Å². The summed E-state index contributed by atoms with van der Waals surface area (Å²) in [4.78, 5) is 261. The molecule has 0 saturated carbocycles. The maximum atomic E-state index is 15.3. The molecule has 830 valence electrons. The van der Waals surface area contributed by atoms with Crippen LogP contribution in [0, 0.1) is 43.5 Å². The number of aliphatic carboxylic acids is 1. The highest BCUT2D eigenvalue weighted by Gasteiger charge is 2.43. The molecule has 0 spiro atoms. The minimum Gasteiger partial charge on any atom is -0.508 e. The number of aryl methyl sites for hydroxylation is 1. The van der Waals surface area contributed by atoms with Gasteiger partial charge in [-0.25, -0.2) is 4.79 Å². The zero-order valence-corrected chi connectivity index (χ0v) is 91.6. The number of phenolic OH excluding ortho intramolecular Hbond substituents is 2. The molecule has 4 aromatic rings. The summed E-state index contributed by atoms with van der Waals surface area (Å²) in [6.07, 6.45) is 4.38. The highest BCUT2D eigenvalue weighted by molar-refractivity contribution is 14.1. The van der Waals surface area contributed by atoms with E-state index in [4.69, 9.17) is 39.2 Å². The number of H-pyrrole nitrogens is 1. The summed E-state index contributed by atoms with van der Waals surface area (Å²) >= 11 is 13.5. The van der Waals surface area contributed by atoms with Crippen molar-refractivity contribution in [3.8, 4) is 11.5 Å². The molecule has 0 bridgehead atoms. The number of carbonyl (C=O) groups excluding carboxylic acids is 17. The van der Waals surface area contributed by atoms with Crippen molar-refractivity contribution in [2.75, 3.05) is 68.2 Å². The molecule has 0 radical (unpaired) electrons. The number of nitrogens with one attached hydrogen (secondary N) is 22. The van der Waals surface area contributed by atoms with Crippen molar-refractivity contribution in [2.24, 2.45) is 46.6 Å². The van der Waals surface area contributed by atoms with Crippen LogP contribution >= 0.6 is 71.4 Å². The monoisotopic (exact) mass is 2280 g/mol. The van der Waals surface area contributed by atoms with Crippen LogP contribution in [0.5, 0.6) is 11.5 Å². The van der Waals surface area contributed by atoms with E-state index >= 15 is 14.4 Å². The number of carbonyl (C=O) groups is 18. The SMILES string of the molecule is CSCC[C@H](NC(=O)CCc1ccc(O)c([125I])c1)C(=O)N[C@@H](CC(C)C)C(=O)N[C@@H](CCCNC(=N)N)C(=O)N[C@@H](CS)C(=O)N[C@@H](CCSC)C(=O)N[C@@H](CC(C)C)C(=O)NCC(=O)N[C@@H](CCCNC(=N)N)C(=O)N[C@H](C(=O)N[C@@H](Cc1ccc(O)cc1)C(=O)N[C@@H](CCCNC(=N)N)C(=O)N1CCC[C@H]1C(=O)N[C@@H](CS)C(=O)N[C@@H](Cc1c[nH]c2ccccc12)C(=O)N[C@@H](CCC(N)=O)C(=O)N[C@H](C(=O)O)C(C)C)C(C)C. The number of aromatic amines is 1. The molecule has 1 fully saturated rings. The lowest BCUT2D eigenvalue weighted by atomic mass is 9.99. The standard InChI is InChI=1S/C97H150IN27O21S4/c1-50(2)41-67(117-83(134)65(34-40-150-10)115-89(140)71(48-147)121-81(132)62(20-14-36-107-96(102)103)113-86(137)68(42-51(3)4)118-82(133)64(33-39-149-9)111-76(129)32-26-54-25-30-74(127)59(98)43-54)80(131)110-47-77(130)112-61(19-13-35-106-95(100)101)84(135)123-78(52(5)6)92(143)120-69(44-55-23-27-57(126)28-24-55)87(138)116-66(21-15-37-108-97(104)105)93(144)125-38-16-22-73(125)91(142)122-72(49-148)90(141)119-70(45-56-46-109-60-18-12-11-17-58(56)60)88(139)114-63(29-31-75(99)128)85(136)124-79(53(7)8)94(145)146/h11-12,17-18,23-25,27-28,30,43,46,50-53,61-73,78-79,109,126-127,147-148H,13-16,19-22,26,29,31-42,44-45,47-49H2,1-10H3,(H2,99,128)(H,110,131)(H,111,129)(H,112,130)(H,113,137)(H,114,139)(H,115,140)(H,116,138)(H,117,134)(H,118,133)(H,119,141)(H,120,143)(H,121,132)(H,122,142)(H,123,135)(H,124,136)(H,145,146)(H4,100,101,106)(H4,102,103,107)(H4,104,105,108)/t61-,62-,63-,64-,65-,66-,67-,68-,69-,70-,71-,72-,73-,78-,79-/m0/s1/i98-2. The number of carboxylic acids is 1. The number of guanidine groups is 3. The second-order valence-corrected chi connectivity index (χ2v) is 41.8. The molecule has 48 nitrogen and oxygen atoms in total. The third-order valence-corrected chi connectivity index (χ3v) is 27.0. The van der Waals surface area contributed by atoms with E-state index in [1.807, 2.05) is 42.7 Å². The highest BCUT2D eigenvalue weighted by Crippen LogP contribution is 2.26. The molecule has 150 heavy (non-hydrogen) atoms. The number of hydrogen-bond acceptors (Lipinski definition) is 27. The van der Waals surface area contributed by atoms with Crippen LogP contribution in [0.1, 0.15) is 168 Å². The normalized spacial score (nSPS) is 15.0. The van der Waals surface area contributed by atoms with E-state index in [9.17, 15) is 87.2 Å². The number of nitrogens with two attached hydrogens (primary N) is 4. The van der Waals surface area contributed by atoms with Crippen LogP contribution in [0.15, 0.2) is 72.9 Å². The molecule has 17 amide bonds. The van der Waals surface area contributed by atoms with Gasteiger partial charge in [0.2, 0.25) is 100 Å². The first-order valence-corrected chi connectivity index (χ1v) is 54.7. The Morgan fingerprint density at radius 2 is 0.867 bits per heavy atom. The van der Waals surface area contributed by atoms with Crippen LogP contribution in [-0.2, 0) is 106 Å². The molecule has 15 atom stereocenters. The van der Waals surface area contributed by atoms with Gasteiger partial charge in [0.25, 0.3) is 0 Å². The van der Waals surface area contributed by atoms with Crippen LogP contribution in [0.2, 0.25) is 0 Å². The zero-order valence-electron chi connectivity index (χ0n) is 86.0. The Labute approximate surface area is 905 Å². The number of hydrogen-bond donors (Lipinski definition) is 31. The van der Waals surface area contributed by atoms with Crippen molar-refractivity contribution in [3.05, 3.63) is 93.2 Å². The Hall–Kier alpha value is -12.8. The van der Waals surface area contributed by atoms with Crippen molar-refractivity contribution >= 4 is 207 Å². The number of likely N-dealkylation sites (tertiary alicyclic amines) is 1. The second kappa shape index (κ2) is 66.0. The van der Waals surface area contributed by atoms with Crippen molar-refractivity contribution in [3.63, 3.8) is 0 Å². The van der Waals surface area contributed by atoms with E-state index in [-0.39, 0.29) is 170 Å². The number of benzene rings is 3. The van der Waals surface area contributed by atoms with Gasteiger partial charge in [-0.1, -0.05) is 91.8 Å². The molecular weight excluding hydrogens is 2130 g/mol. The Balaban J connectivity index is 1.35. The summed E-state index contributed by atoms with van der Waals surface area (Å²) in [5.74, 6) is -19.2. The number of nitrogens with zero attached hydrogens (tertiary/aromatic N) is 1. The smallest absolute Gasteiger partial charge is 0.326 e. The van der Waals surface area contributed by atoms with Crippen molar-refractivity contribution in [1.29, 1.82) is 16.2 Å². The van der Waals surface area contributed by atoms with Gasteiger partial charge >= 0.3 is 5.97 Å². The number of para-hydroxylation sites is 1. The fraction of sp³-hybridized carbons (Fsp3) is 0.577. The fourth-order valence-corrected chi connectivity index (χ4v) is 18.1. The van der Waals surface area contributed by atoms with Gasteiger partial charge in [0, 0.05) is 80.5 Å². The summed E-state index contributed by atoms with van der Waals surface area (Å²) < 4.78 is 0.598. The lowest BCUT2D eigenvalue weighted by molar-refractivity contribution is -0.144. The predicted octanol–water partition coefficient (Wildman–Crippen LogP) is -1.59. The lowest BCUT2D eigenvalue weighted by Crippen LogP contribution is -2.61. The number of thioether (sulfide) groups is 2. The number of aromatic hydroxyl groups is 2. The van der Waals surface area contributed by atoms with Crippen LogP contribution in [0.3, 0.4) is 0 Å². The van der Waals surface area contributed by atoms with E-state index in [1.165, 1.54) is 58.8 Å². The second-order valence-electron chi connectivity index (χ2n) is 37.9. The van der Waals surface area contributed by atoms with Gasteiger partial charge in [-0.2, -0.15) is 48.8 Å². The number of amides is 17. The maximum Gasteiger partial charge on any atom is 0.326 e. The molecule has 2 heterocycles. The topological polar surface area (TPSA) is 779 Å². The lowest BCUT2D eigenvalue weighted by Gasteiger charge is -2.31. The van der Waals surface area contributed by atoms with Gasteiger partial charge in [-0.3, -0.25) is 97.7 Å². The molecule has 0 unspecified atom stereocenters. The van der Waals surface area contributed by atoms with Crippen LogP contribution in [0.4, 0.5) is 0 Å². The Morgan fingerprint density at radius 3 is 1.37 bits per heavy atom. The summed E-state index contributed by atoms with van der Waals surface area (Å²) in [6, 6.07) is -3.89. The number of fused-ring (bicyclic) bond motifs is 1. The van der Waals surface area contributed by atoms with E-state index in [0.29, 0.717) is 37.8 Å². The summed E-state index contributed by atoms with van der Waals surface area (Å²) in [5, 5.41) is 102. The number of halogens is 1. The molecule has 1 aliphatic heterocycles. The number of rotatable bonds is 67. The average Bonchev–Trinajstić information content (AvgIpc) is 1.55. The first-order valence-electron chi connectivity index (χ1n) is 49.5. The molecule has 3 aromatic carbocycles. The van der Waals surface area contributed by atoms with Crippen LogP contribution < -0.4 is 119 Å². The van der Waals surface area contributed by atoms with Gasteiger partial charge < -0.3 is 144 Å². The number of thiol groups is 2. The highest BCUT2D eigenvalue weighted by atomic mass is 125. The Bertz CT molecular complexity index is 5280. The molecular formula is C97H150IN27O21S4. The van der Waals surface area contributed by atoms with Gasteiger partial charge in [0.1, 0.15) is 102 Å². The van der Waals surface area contributed by atoms with Crippen molar-refractivity contribution in [1.82, 2.24) is 106 Å². The molecule has 1 aliphatic rings. The average molecular weight is 2280 g/mol. The first-order chi connectivity index (χ1) is 71.0. The van der Waals surface area contributed by atoms with Crippen molar-refractivity contribution in [2.45, 2.75) is 262 Å². The van der Waals surface area contributed by atoms with Crippen LogP contribution in [-0.4, -0.2) is 308 Å². The number of phenols is 2. The minimum absolute atomic E-state index is 0.000372. The third-order valence-electron chi connectivity index (χ3n) is 24.1. The molecule has 1 aromatic heterocycles. The van der Waals surface area contributed by atoms with E-state index in [2.05, 4.69) is 126 Å². The molecule has 1 saturated heterocycles. The van der Waals surface area contributed by atoms with E-state index < -0.39 is 239 Å². The molecule has 33 N–H and O–H groups in total. The van der Waals surface area contributed by atoms with Gasteiger partial charge in [0.05, 0.1) is 10.1 Å². The summed E-state index contributed by atoms with van der Waals surface area (Å²) in [6.45, 7) is 12.5. The predicted molar refractivity (Wildman–Crippen MR) is 584 cm³/mol. The number of carboxylic acid groups (broad SMARTS) is 1. The Morgan fingerprint density at radius 1 is 0.453 bits per heavy atom. The van der Waals surface area contributed by atoms with Crippen molar-refractivity contribution < 1.29 is 102 Å². The summed E-state index contributed by atoms with van der Waals surface area (Å²) in [5.41, 5.74) is 24.6. The summed E-state index contributed by atoms with van der Waals surface area (Å²) in [7, 11) is 0. The van der Waals surface area contributed by atoms with Gasteiger partial charge in [0.15, 0.2) is 17.9 Å². The third kappa shape index (κ3) is 45.2. The zero-order chi connectivity index (χ0) is 112.